The van der Waals surface area contributed by atoms with Gasteiger partial charge in [0, 0.05) is 25.7 Å². The number of aliphatic hydroxyl groups excluding tert-OH is 1. The topological polar surface area (TPSA) is 59.8 Å². The third-order valence-corrected chi connectivity index (χ3v) is 5.76. The van der Waals surface area contributed by atoms with E-state index < -0.39 is 6.10 Å². The van der Waals surface area contributed by atoms with Gasteiger partial charge in [-0.1, -0.05) is 35.9 Å². The number of aromatic nitrogens is 2. The first-order chi connectivity index (χ1) is 15.5. The molecule has 32 heavy (non-hydrogen) atoms. The van der Waals surface area contributed by atoms with Crippen LogP contribution in [0, 0.1) is 13.8 Å². The smallest absolute Gasteiger partial charge is 0.227 e. The van der Waals surface area contributed by atoms with Crippen LogP contribution in [0.3, 0.4) is 0 Å². The number of ether oxygens (including phenoxy) is 2. The van der Waals surface area contributed by atoms with Crippen LogP contribution in [0.5, 0.6) is 11.6 Å². The summed E-state index contributed by atoms with van der Waals surface area (Å²) in [5.74, 6) is 1.51. The maximum Gasteiger partial charge on any atom is 0.227 e. The van der Waals surface area contributed by atoms with E-state index >= 15 is 0 Å². The summed E-state index contributed by atoms with van der Waals surface area (Å²) in [4.78, 5) is 2.34. The van der Waals surface area contributed by atoms with Crippen LogP contribution in [-0.2, 0) is 11.3 Å². The second-order valence-electron chi connectivity index (χ2n) is 8.51. The highest BCUT2D eigenvalue weighted by atomic mass is 16.5. The van der Waals surface area contributed by atoms with E-state index in [4.69, 9.17) is 14.6 Å². The first kappa shape index (κ1) is 22.5. The molecule has 170 valence electrons. The average molecular weight is 436 g/mol. The minimum atomic E-state index is -0.513. The molecule has 0 amide bonds. The Morgan fingerprint density at radius 1 is 1.09 bits per heavy atom. The Morgan fingerprint density at radius 3 is 2.47 bits per heavy atom. The SMILES string of the molecule is CCOCC(O)CN(Cc1c(C)nn(-c2ccccc2)c1Oc1ccc(C)cc1)C1CC1. The lowest BCUT2D eigenvalue weighted by molar-refractivity contribution is 0.0177. The van der Waals surface area contributed by atoms with Gasteiger partial charge in [0.05, 0.1) is 29.7 Å². The number of hydrogen-bond donors (Lipinski definition) is 1. The molecule has 1 atom stereocenters. The van der Waals surface area contributed by atoms with Crippen LogP contribution >= 0.6 is 0 Å². The molecule has 1 aliphatic rings. The summed E-state index contributed by atoms with van der Waals surface area (Å²) in [5.41, 5.74) is 4.12. The zero-order valence-corrected chi connectivity index (χ0v) is 19.2. The quantitative estimate of drug-likeness (QED) is 0.475. The van der Waals surface area contributed by atoms with Crippen molar-refractivity contribution in [2.45, 2.75) is 52.3 Å². The normalized spacial score (nSPS) is 14.7. The van der Waals surface area contributed by atoms with E-state index in [0.717, 1.165) is 41.4 Å². The fraction of sp³-hybridized carbons (Fsp3) is 0.423. The summed E-state index contributed by atoms with van der Waals surface area (Å²) in [7, 11) is 0. The molecule has 1 N–H and O–H groups in total. The largest absolute Gasteiger partial charge is 0.439 e. The molecule has 6 heteroatoms. The molecule has 0 radical (unpaired) electrons. The first-order valence-electron chi connectivity index (χ1n) is 11.4. The number of rotatable bonds is 11. The van der Waals surface area contributed by atoms with Gasteiger partial charge in [0.2, 0.25) is 5.88 Å². The predicted molar refractivity (Wildman–Crippen MR) is 125 cm³/mol. The summed E-state index contributed by atoms with van der Waals surface area (Å²) >= 11 is 0. The zero-order valence-electron chi connectivity index (χ0n) is 19.2. The molecule has 1 saturated carbocycles. The molecule has 1 heterocycles. The minimum absolute atomic E-state index is 0.356. The number of para-hydroxylation sites is 1. The van der Waals surface area contributed by atoms with Crippen LogP contribution in [0.4, 0.5) is 0 Å². The van der Waals surface area contributed by atoms with Crippen molar-refractivity contribution in [3.05, 3.63) is 71.4 Å². The molecular weight excluding hydrogens is 402 g/mol. The van der Waals surface area contributed by atoms with Crippen LogP contribution in [0.15, 0.2) is 54.6 Å². The third kappa shape index (κ3) is 5.57. The minimum Gasteiger partial charge on any atom is -0.439 e. The Hall–Kier alpha value is -2.67. The van der Waals surface area contributed by atoms with Crippen molar-refractivity contribution in [1.82, 2.24) is 14.7 Å². The van der Waals surface area contributed by atoms with Gasteiger partial charge in [-0.25, -0.2) is 4.68 Å². The molecule has 1 fully saturated rings. The molecule has 1 aromatic heterocycles. The van der Waals surface area contributed by atoms with Crippen LogP contribution in [0.2, 0.25) is 0 Å². The second kappa shape index (κ2) is 10.3. The summed E-state index contributed by atoms with van der Waals surface area (Å²) in [6.07, 6.45) is 1.80. The Labute approximate surface area is 190 Å². The van der Waals surface area contributed by atoms with Gasteiger partial charge in [0.15, 0.2) is 0 Å². The number of aryl methyl sites for hydroxylation is 2. The van der Waals surface area contributed by atoms with Gasteiger partial charge in [-0.05, 0) is 57.9 Å². The van der Waals surface area contributed by atoms with Crippen molar-refractivity contribution in [2.24, 2.45) is 0 Å². The Bertz CT molecular complexity index is 997. The first-order valence-corrected chi connectivity index (χ1v) is 11.4. The monoisotopic (exact) mass is 435 g/mol. The van der Waals surface area contributed by atoms with E-state index in [-0.39, 0.29) is 0 Å². The molecule has 2 aromatic carbocycles. The van der Waals surface area contributed by atoms with Gasteiger partial charge in [-0.15, -0.1) is 0 Å². The molecule has 3 aromatic rings. The maximum absolute atomic E-state index is 10.5. The van der Waals surface area contributed by atoms with Crippen molar-refractivity contribution < 1.29 is 14.6 Å². The molecule has 0 saturated heterocycles. The van der Waals surface area contributed by atoms with E-state index in [1.807, 2.05) is 73.1 Å². The predicted octanol–water partition coefficient (Wildman–Crippen LogP) is 4.64. The molecule has 1 aliphatic carbocycles. The molecular formula is C26H33N3O3. The van der Waals surface area contributed by atoms with E-state index in [1.54, 1.807) is 0 Å². The van der Waals surface area contributed by atoms with Gasteiger partial charge < -0.3 is 14.6 Å². The molecule has 6 nitrogen and oxygen atoms in total. The van der Waals surface area contributed by atoms with Crippen molar-refractivity contribution in [3.63, 3.8) is 0 Å². The Morgan fingerprint density at radius 2 is 1.81 bits per heavy atom. The average Bonchev–Trinajstić information content (AvgIpc) is 3.60. The highest BCUT2D eigenvalue weighted by molar-refractivity contribution is 5.43. The molecule has 4 rings (SSSR count). The van der Waals surface area contributed by atoms with Crippen molar-refractivity contribution in [1.29, 1.82) is 0 Å². The fourth-order valence-corrected chi connectivity index (χ4v) is 3.85. The Balaban J connectivity index is 1.65. The summed E-state index contributed by atoms with van der Waals surface area (Å²) in [5, 5.41) is 15.3. The molecule has 0 bridgehead atoms. The fourth-order valence-electron chi connectivity index (χ4n) is 3.85. The van der Waals surface area contributed by atoms with Gasteiger partial charge in [-0.2, -0.15) is 5.10 Å². The highest BCUT2D eigenvalue weighted by Gasteiger charge is 2.32. The highest BCUT2D eigenvalue weighted by Crippen LogP contribution is 2.35. The second-order valence-corrected chi connectivity index (χ2v) is 8.51. The van der Waals surface area contributed by atoms with Gasteiger partial charge in [0.25, 0.3) is 0 Å². The standard InChI is InChI=1S/C26H33N3O3/c1-4-31-18-23(30)16-28(21-12-13-21)17-25-20(3)27-29(22-8-6-5-7-9-22)26(25)32-24-14-10-19(2)11-15-24/h5-11,14-15,21,23,30H,4,12-13,16-18H2,1-3H3. The lowest BCUT2D eigenvalue weighted by atomic mass is 10.2. The summed E-state index contributed by atoms with van der Waals surface area (Å²) in [6, 6.07) is 18.6. The lowest BCUT2D eigenvalue weighted by Crippen LogP contribution is -2.36. The molecule has 0 aliphatic heterocycles. The lowest BCUT2D eigenvalue weighted by Gasteiger charge is -2.25. The Kier molecular flexibility index (Phi) is 7.25. The van der Waals surface area contributed by atoms with Crippen LogP contribution in [0.1, 0.15) is 36.6 Å². The van der Waals surface area contributed by atoms with E-state index in [1.165, 1.54) is 5.56 Å². The summed E-state index contributed by atoms with van der Waals surface area (Å²) < 4.78 is 13.7. The number of benzene rings is 2. The number of aliphatic hydroxyl groups is 1. The van der Waals surface area contributed by atoms with Crippen LogP contribution < -0.4 is 4.74 Å². The third-order valence-electron chi connectivity index (χ3n) is 5.76. The van der Waals surface area contributed by atoms with Crippen molar-refractivity contribution >= 4 is 0 Å². The molecule has 0 spiro atoms. The number of hydrogen-bond acceptors (Lipinski definition) is 5. The zero-order chi connectivity index (χ0) is 22.5. The van der Waals surface area contributed by atoms with E-state index in [2.05, 4.69) is 11.8 Å². The summed E-state index contributed by atoms with van der Waals surface area (Å²) in [6.45, 7) is 8.25. The van der Waals surface area contributed by atoms with E-state index in [9.17, 15) is 5.11 Å². The van der Waals surface area contributed by atoms with Crippen molar-refractivity contribution in [3.8, 4) is 17.3 Å². The van der Waals surface area contributed by atoms with Crippen molar-refractivity contribution in [2.75, 3.05) is 19.8 Å². The van der Waals surface area contributed by atoms with E-state index in [0.29, 0.717) is 32.3 Å². The maximum atomic E-state index is 10.5. The van der Waals surface area contributed by atoms with Crippen LogP contribution in [-0.4, -0.2) is 51.7 Å². The number of nitrogens with zero attached hydrogens (tertiary/aromatic N) is 3. The van der Waals surface area contributed by atoms with Crippen LogP contribution in [0.25, 0.3) is 5.69 Å². The van der Waals surface area contributed by atoms with Gasteiger partial charge in [0.1, 0.15) is 5.75 Å². The molecule has 1 unspecified atom stereocenters. The van der Waals surface area contributed by atoms with Gasteiger partial charge >= 0.3 is 0 Å². The van der Waals surface area contributed by atoms with Gasteiger partial charge in [-0.3, -0.25) is 4.90 Å².